The van der Waals surface area contributed by atoms with Crippen LogP contribution in [0.2, 0.25) is 0 Å². The summed E-state index contributed by atoms with van der Waals surface area (Å²) in [6.45, 7) is 9.05. The van der Waals surface area contributed by atoms with Gasteiger partial charge in [-0.05, 0) is 30.0 Å². The van der Waals surface area contributed by atoms with Gasteiger partial charge in [0.15, 0.2) is 0 Å². The smallest absolute Gasteiger partial charge is 0.251 e. The summed E-state index contributed by atoms with van der Waals surface area (Å²) >= 11 is 0. The summed E-state index contributed by atoms with van der Waals surface area (Å²) in [7, 11) is 0. The van der Waals surface area contributed by atoms with Crippen LogP contribution < -0.4 is 5.32 Å². The van der Waals surface area contributed by atoms with Crippen LogP contribution in [0.3, 0.4) is 0 Å². The number of benzene rings is 1. The van der Waals surface area contributed by atoms with Crippen LogP contribution in [-0.4, -0.2) is 12.5 Å². The Labute approximate surface area is 104 Å². The summed E-state index contributed by atoms with van der Waals surface area (Å²) in [4.78, 5) is 11.5. The highest BCUT2D eigenvalue weighted by molar-refractivity contribution is 5.94. The number of carbonyl (C=O) groups is 1. The molecule has 0 aliphatic heterocycles. The average molecular weight is 231 g/mol. The van der Waals surface area contributed by atoms with E-state index in [0.29, 0.717) is 12.1 Å². The summed E-state index contributed by atoms with van der Waals surface area (Å²) in [6.07, 6.45) is 4.25. The predicted octanol–water partition coefficient (Wildman–Crippen LogP) is 3.50. The van der Waals surface area contributed by atoms with Crippen LogP contribution in [0.25, 0.3) is 6.08 Å². The Kier molecular flexibility index (Phi) is 4.50. The number of rotatable bonds is 3. The predicted molar refractivity (Wildman–Crippen MR) is 72.9 cm³/mol. The molecule has 2 nitrogen and oxygen atoms in total. The Morgan fingerprint density at radius 1 is 1.24 bits per heavy atom. The van der Waals surface area contributed by atoms with Crippen LogP contribution in [0.4, 0.5) is 0 Å². The topological polar surface area (TPSA) is 29.1 Å². The lowest BCUT2D eigenvalue weighted by Crippen LogP contribution is -2.22. The molecule has 0 unspecified atom stereocenters. The van der Waals surface area contributed by atoms with Gasteiger partial charge >= 0.3 is 0 Å². The minimum atomic E-state index is -0.0150. The Hall–Kier alpha value is -1.57. The van der Waals surface area contributed by atoms with Gasteiger partial charge in [-0.1, -0.05) is 45.1 Å². The molecule has 0 spiro atoms. The van der Waals surface area contributed by atoms with Gasteiger partial charge in [0, 0.05) is 12.1 Å². The van der Waals surface area contributed by atoms with Crippen molar-refractivity contribution in [2.45, 2.75) is 27.7 Å². The largest absolute Gasteiger partial charge is 0.352 e. The monoisotopic (exact) mass is 231 g/mol. The fourth-order valence-electron chi connectivity index (χ4n) is 1.35. The second-order valence-electron chi connectivity index (χ2n) is 5.18. The first-order valence-corrected chi connectivity index (χ1v) is 6.00. The average Bonchev–Trinajstić information content (AvgIpc) is 2.26. The van der Waals surface area contributed by atoms with E-state index >= 15 is 0 Å². The second kappa shape index (κ2) is 5.67. The molecule has 1 aromatic carbocycles. The van der Waals surface area contributed by atoms with Crippen molar-refractivity contribution < 1.29 is 4.79 Å². The molecule has 0 radical (unpaired) electrons. The van der Waals surface area contributed by atoms with Gasteiger partial charge in [0.2, 0.25) is 0 Å². The maximum Gasteiger partial charge on any atom is 0.251 e. The number of hydrogen-bond donors (Lipinski definition) is 1. The van der Waals surface area contributed by atoms with E-state index in [0.717, 1.165) is 5.56 Å². The molecule has 0 atom stereocenters. The molecule has 17 heavy (non-hydrogen) atoms. The van der Waals surface area contributed by atoms with E-state index in [1.165, 1.54) is 0 Å². The SMILES string of the molecule is CCNC(=O)c1ccc(C=CC(C)(C)C)cc1. The Bertz CT molecular complexity index is 396. The molecule has 1 N–H and O–H groups in total. The molecule has 92 valence electrons. The first kappa shape index (κ1) is 13.5. The molecular formula is C15H21NO. The Morgan fingerprint density at radius 3 is 2.29 bits per heavy atom. The fourth-order valence-corrected chi connectivity index (χ4v) is 1.35. The standard InChI is InChI=1S/C15H21NO/c1-5-16-14(17)13-8-6-12(7-9-13)10-11-15(2,3)4/h6-11H,5H2,1-4H3,(H,16,17). The van der Waals surface area contributed by atoms with Crippen molar-refractivity contribution in [1.82, 2.24) is 5.32 Å². The molecule has 0 aromatic heterocycles. The minimum absolute atomic E-state index is 0.0150. The lowest BCUT2D eigenvalue weighted by atomic mass is 9.95. The minimum Gasteiger partial charge on any atom is -0.352 e. The van der Waals surface area contributed by atoms with Gasteiger partial charge in [-0.3, -0.25) is 4.79 Å². The fraction of sp³-hybridized carbons (Fsp3) is 0.400. The molecular weight excluding hydrogens is 210 g/mol. The zero-order valence-corrected chi connectivity index (χ0v) is 11.1. The lowest BCUT2D eigenvalue weighted by molar-refractivity contribution is 0.0956. The molecule has 1 rings (SSSR count). The van der Waals surface area contributed by atoms with Crippen molar-refractivity contribution in [2.75, 3.05) is 6.54 Å². The number of allylic oxidation sites excluding steroid dienone is 1. The van der Waals surface area contributed by atoms with E-state index in [-0.39, 0.29) is 11.3 Å². The number of nitrogens with one attached hydrogen (secondary N) is 1. The van der Waals surface area contributed by atoms with Crippen molar-refractivity contribution in [3.8, 4) is 0 Å². The van der Waals surface area contributed by atoms with Gasteiger partial charge in [0.05, 0.1) is 0 Å². The number of amides is 1. The van der Waals surface area contributed by atoms with Gasteiger partial charge in [-0.15, -0.1) is 0 Å². The maximum absolute atomic E-state index is 11.5. The van der Waals surface area contributed by atoms with Crippen LogP contribution in [0.1, 0.15) is 43.6 Å². The first-order valence-electron chi connectivity index (χ1n) is 6.00. The highest BCUT2D eigenvalue weighted by Crippen LogP contribution is 2.17. The van der Waals surface area contributed by atoms with Gasteiger partial charge in [0.25, 0.3) is 5.91 Å². The molecule has 0 heterocycles. The highest BCUT2D eigenvalue weighted by Gasteiger charge is 2.04. The molecule has 0 fully saturated rings. The van der Waals surface area contributed by atoms with Crippen LogP contribution >= 0.6 is 0 Å². The van der Waals surface area contributed by atoms with Gasteiger partial charge in [-0.2, -0.15) is 0 Å². The van der Waals surface area contributed by atoms with Crippen molar-refractivity contribution >= 4 is 12.0 Å². The highest BCUT2D eigenvalue weighted by atomic mass is 16.1. The van der Waals surface area contributed by atoms with Crippen molar-refractivity contribution in [3.63, 3.8) is 0 Å². The third kappa shape index (κ3) is 4.85. The molecule has 0 bridgehead atoms. The van der Waals surface area contributed by atoms with E-state index in [9.17, 15) is 4.79 Å². The van der Waals surface area contributed by atoms with Crippen LogP contribution in [-0.2, 0) is 0 Å². The van der Waals surface area contributed by atoms with Crippen LogP contribution in [0.15, 0.2) is 30.3 Å². The molecule has 1 amide bonds. The third-order valence-corrected chi connectivity index (χ3v) is 2.29. The van der Waals surface area contributed by atoms with E-state index in [2.05, 4.69) is 38.2 Å². The van der Waals surface area contributed by atoms with E-state index in [4.69, 9.17) is 0 Å². The molecule has 0 saturated heterocycles. The molecule has 0 aliphatic rings. The van der Waals surface area contributed by atoms with Gasteiger partial charge in [0.1, 0.15) is 0 Å². The summed E-state index contributed by atoms with van der Waals surface area (Å²) in [6, 6.07) is 7.64. The van der Waals surface area contributed by atoms with Gasteiger partial charge in [-0.25, -0.2) is 0 Å². The van der Waals surface area contributed by atoms with Crippen molar-refractivity contribution in [1.29, 1.82) is 0 Å². The molecule has 1 aromatic rings. The van der Waals surface area contributed by atoms with Crippen LogP contribution in [0.5, 0.6) is 0 Å². The van der Waals surface area contributed by atoms with E-state index < -0.39 is 0 Å². The number of hydrogen-bond acceptors (Lipinski definition) is 1. The second-order valence-corrected chi connectivity index (χ2v) is 5.18. The summed E-state index contributed by atoms with van der Waals surface area (Å²) in [5, 5.41) is 2.78. The Morgan fingerprint density at radius 2 is 1.82 bits per heavy atom. The normalized spacial score (nSPS) is 11.8. The van der Waals surface area contributed by atoms with Crippen molar-refractivity contribution in [2.24, 2.45) is 5.41 Å². The zero-order valence-electron chi connectivity index (χ0n) is 11.1. The summed E-state index contributed by atoms with van der Waals surface area (Å²) in [5.41, 5.74) is 2.01. The maximum atomic E-state index is 11.5. The van der Waals surface area contributed by atoms with Gasteiger partial charge < -0.3 is 5.32 Å². The number of carbonyl (C=O) groups excluding carboxylic acids is 1. The van der Waals surface area contributed by atoms with Crippen molar-refractivity contribution in [3.05, 3.63) is 41.5 Å². The Balaban J connectivity index is 2.75. The van der Waals surface area contributed by atoms with E-state index in [1.807, 2.05) is 31.2 Å². The summed E-state index contributed by atoms with van der Waals surface area (Å²) in [5.74, 6) is -0.0150. The zero-order chi connectivity index (χ0) is 12.9. The molecule has 0 saturated carbocycles. The quantitative estimate of drug-likeness (QED) is 0.847. The third-order valence-electron chi connectivity index (χ3n) is 2.29. The molecule has 2 heteroatoms. The molecule has 0 aliphatic carbocycles. The lowest BCUT2D eigenvalue weighted by Gasteiger charge is -2.11. The first-order chi connectivity index (χ1) is 7.92. The van der Waals surface area contributed by atoms with E-state index in [1.54, 1.807) is 0 Å². The van der Waals surface area contributed by atoms with Crippen LogP contribution in [0, 0.1) is 5.41 Å². The summed E-state index contributed by atoms with van der Waals surface area (Å²) < 4.78 is 0.